The van der Waals surface area contributed by atoms with Gasteiger partial charge in [0.25, 0.3) is 11.5 Å². The van der Waals surface area contributed by atoms with Crippen LogP contribution in [0.25, 0.3) is 5.78 Å². The summed E-state index contributed by atoms with van der Waals surface area (Å²) in [5, 5.41) is 8.57. The number of nitrogens with one attached hydrogen (secondary N) is 2. The molecule has 0 unspecified atom stereocenters. The Labute approximate surface area is 110 Å². The molecule has 3 aromatic rings. The number of anilines is 1. The number of carbonyl (C=O) groups excluding carboxylic acids is 1. The quantitative estimate of drug-likeness (QED) is 0.731. The van der Waals surface area contributed by atoms with E-state index in [-0.39, 0.29) is 17.3 Å². The van der Waals surface area contributed by atoms with E-state index >= 15 is 0 Å². The molecule has 19 heavy (non-hydrogen) atoms. The van der Waals surface area contributed by atoms with E-state index in [1.165, 1.54) is 21.9 Å². The predicted octanol–water partition coefficient (Wildman–Crippen LogP) is 1.04. The molecule has 3 heterocycles. The van der Waals surface area contributed by atoms with Gasteiger partial charge in [-0.1, -0.05) is 6.07 Å². The van der Waals surface area contributed by atoms with Crippen molar-refractivity contribution in [1.29, 1.82) is 0 Å². The molecule has 1 amide bonds. The normalized spacial score (nSPS) is 10.8. The van der Waals surface area contributed by atoms with Gasteiger partial charge in [0.05, 0.1) is 4.88 Å². The highest BCUT2D eigenvalue weighted by Crippen LogP contribution is 2.12. The number of amides is 1. The summed E-state index contributed by atoms with van der Waals surface area (Å²) in [4.78, 5) is 30.6. The lowest BCUT2D eigenvalue weighted by atomic mass is 10.4. The molecular formula is C11H9N5O2S. The van der Waals surface area contributed by atoms with Crippen molar-refractivity contribution in [2.24, 2.45) is 0 Å². The molecule has 0 atom stereocenters. The summed E-state index contributed by atoms with van der Waals surface area (Å²) in [6, 6.07) is 4.76. The van der Waals surface area contributed by atoms with Crippen LogP contribution in [0.15, 0.2) is 28.4 Å². The number of hydrogen-bond donors (Lipinski definition) is 2. The summed E-state index contributed by atoms with van der Waals surface area (Å²) in [6.45, 7) is 1.70. The van der Waals surface area contributed by atoms with Gasteiger partial charge in [-0.3, -0.25) is 14.6 Å². The first-order valence-electron chi connectivity index (χ1n) is 5.45. The molecule has 0 radical (unpaired) electrons. The van der Waals surface area contributed by atoms with Crippen LogP contribution in [0.5, 0.6) is 0 Å². The number of nitrogens with zero attached hydrogens (tertiary/aromatic N) is 3. The average Bonchev–Trinajstić information content (AvgIpc) is 2.96. The first kappa shape index (κ1) is 11.6. The minimum absolute atomic E-state index is 0.282. The highest BCUT2D eigenvalue weighted by atomic mass is 32.1. The van der Waals surface area contributed by atoms with E-state index in [0.717, 1.165) is 0 Å². The largest absolute Gasteiger partial charge is 0.306 e. The minimum atomic E-state index is -0.346. The molecule has 0 saturated carbocycles. The van der Waals surface area contributed by atoms with Gasteiger partial charge in [-0.05, 0) is 18.4 Å². The Morgan fingerprint density at radius 1 is 1.53 bits per heavy atom. The Morgan fingerprint density at radius 2 is 2.37 bits per heavy atom. The van der Waals surface area contributed by atoms with Gasteiger partial charge < -0.3 is 5.32 Å². The molecule has 0 saturated heterocycles. The van der Waals surface area contributed by atoms with Crippen LogP contribution in [0.3, 0.4) is 0 Å². The second-order valence-corrected chi connectivity index (χ2v) is 4.79. The lowest BCUT2D eigenvalue weighted by Gasteiger charge is -2.04. The maximum Gasteiger partial charge on any atom is 0.266 e. The zero-order chi connectivity index (χ0) is 13.4. The SMILES string of the molecule is Cc1nc2[nH]c(=O)cc(NC(=O)c3cccs3)n2n1. The van der Waals surface area contributed by atoms with Crippen LogP contribution in [0.2, 0.25) is 0 Å². The maximum absolute atomic E-state index is 12.0. The molecule has 0 aliphatic rings. The second-order valence-electron chi connectivity index (χ2n) is 3.84. The average molecular weight is 275 g/mol. The number of thiophene rings is 1. The standard InChI is InChI=1S/C11H9N5O2S/c1-6-12-11-14-9(17)5-8(16(11)15-6)13-10(18)7-3-2-4-19-7/h2-5H,1H3,(H,13,18)(H,12,14,15,17). The molecule has 0 bridgehead atoms. The number of aryl methyl sites for hydroxylation is 1. The van der Waals surface area contributed by atoms with Crippen molar-refractivity contribution in [1.82, 2.24) is 19.6 Å². The number of aromatic amines is 1. The fourth-order valence-corrected chi connectivity index (χ4v) is 2.29. The molecule has 0 aliphatic heterocycles. The third kappa shape index (κ3) is 2.13. The number of H-pyrrole nitrogens is 1. The van der Waals surface area contributed by atoms with Crippen molar-refractivity contribution in [2.75, 3.05) is 5.32 Å². The monoisotopic (exact) mass is 275 g/mol. The Hall–Kier alpha value is -2.48. The van der Waals surface area contributed by atoms with Gasteiger partial charge in [0.15, 0.2) is 0 Å². The molecule has 0 fully saturated rings. The van der Waals surface area contributed by atoms with E-state index in [4.69, 9.17) is 0 Å². The van der Waals surface area contributed by atoms with Gasteiger partial charge in [-0.15, -0.1) is 16.4 Å². The molecule has 2 N–H and O–H groups in total. The van der Waals surface area contributed by atoms with Gasteiger partial charge in [-0.25, -0.2) is 0 Å². The summed E-state index contributed by atoms with van der Waals surface area (Å²) in [7, 11) is 0. The van der Waals surface area contributed by atoms with Crippen LogP contribution in [-0.2, 0) is 0 Å². The molecule has 0 aliphatic carbocycles. The highest BCUT2D eigenvalue weighted by Gasteiger charge is 2.12. The third-order valence-electron chi connectivity index (χ3n) is 2.43. The Kier molecular flexibility index (Phi) is 2.64. The molecular weight excluding hydrogens is 266 g/mol. The minimum Gasteiger partial charge on any atom is -0.306 e. The van der Waals surface area contributed by atoms with Crippen molar-refractivity contribution in [2.45, 2.75) is 6.92 Å². The first-order chi connectivity index (χ1) is 9.13. The van der Waals surface area contributed by atoms with Gasteiger partial charge >= 0.3 is 0 Å². The van der Waals surface area contributed by atoms with Gasteiger partial charge in [0.1, 0.15) is 11.6 Å². The van der Waals surface area contributed by atoms with E-state index in [2.05, 4.69) is 20.4 Å². The van der Waals surface area contributed by atoms with Crippen LogP contribution in [-0.4, -0.2) is 25.5 Å². The van der Waals surface area contributed by atoms with E-state index in [9.17, 15) is 9.59 Å². The molecule has 3 rings (SSSR count). The fourth-order valence-electron chi connectivity index (χ4n) is 1.67. The van der Waals surface area contributed by atoms with Crippen LogP contribution in [0, 0.1) is 6.92 Å². The summed E-state index contributed by atoms with van der Waals surface area (Å²) in [5.41, 5.74) is -0.346. The third-order valence-corrected chi connectivity index (χ3v) is 3.30. The number of fused-ring (bicyclic) bond motifs is 1. The maximum atomic E-state index is 12.0. The van der Waals surface area contributed by atoms with Crippen molar-refractivity contribution >= 4 is 28.8 Å². The molecule has 0 aromatic carbocycles. The molecule has 8 heteroatoms. The van der Waals surface area contributed by atoms with Crippen molar-refractivity contribution in [3.8, 4) is 0 Å². The zero-order valence-corrected chi connectivity index (χ0v) is 10.7. The lowest BCUT2D eigenvalue weighted by Crippen LogP contribution is -2.18. The smallest absolute Gasteiger partial charge is 0.266 e. The van der Waals surface area contributed by atoms with Crippen molar-refractivity contribution in [3.63, 3.8) is 0 Å². The number of hydrogen-bond acceptors (Lipinski definition) is 5. The van der Waals surface area contributed by atoms with Gasteiger partial charge in [-0.2, -0.15) is 9.50 Å². The molecule has 96 valence electrons. The van der Waals surface area contributed by atoms with Crippen LogP contribution in [0.1, 0.15) is 15.5 Å². The topological polar surface area (TPSA) is 92.1 Å². The van der Waals surface area contributed by atoms with Crippen LogP contribution < -0.4 is 10.9 Å². The summed E-state index contributed by atoms with van der Waals surface area (Å²) < 4.78 is 1.39. The predicted molar refractivity (Wildman–Crippen MR) is 70.6 cm³/mol. The Balaban J connectivity index is 2.05. The molecule has 3 aromatic heterocycles. The van der Waals surface area contributed by atoms with Gasteiger partial charge in [0, 0.05) is 6.07 Å². The van der Waals surface area contributed by atoms with Crippen LogP contribution in [0.4, 0.5) is 5.82 Å². The Morgan fingerprint density at radius 3 is 3.11 bits per heavy atom. The number of carbonyl (C=O) groups is 1. The van der Waals surface area contributed by atoms with Crippen LogP contribution >= 0.6 is 11.3 Å². The number of rotatable bonds is 2. The number of aromatic nitrogens is 4. The van der Waals surface area contributed by atoms with Crippen molar-refractivity contribution < 1.29 is 4.79 Å². The van der Waals surface area contributed by atoms with E-state index < -0.39 is 0 Å². The highest BCUT2D eigenvalue weighted by molar-refractivity contribution is 7.12. The second kappa shape index (κ2) is 4.32. The van der Waals surface area contributed by atoms with E-state index in [0.29, 0.717) is 16.5 Å². The Bertz CT molecular complexity index is 802. The van der Waals surface area contributed by atoms with Gasteiger partial charge in [0.2, 0.25) is 5.78 Å². The first-order valence-corrected chi connectivity index (χ1v) is 6.33. The lowest BCUT2D eigenvalue weighted by molar-refractivity contribution is 0.103. The van der Waals surface area contributed by atoms with Crippen molar-refractivity contribution in [3.05, 3.63) is 44.6 Å². The zero-order valence-electron chi connectivity index (χ0n) is 9.88. The van der Waals surface area contributed by atoms with E-state index in [1.54, 1.807) is 19.1 Å². The van der Waals surface area contributed by atoms with E-state index in [1.807, 2.05) is 5.38 Å². The summed E-state index contributed by atoms with van der Waals surface area (Å²) >= 11 is 1.32. The molecule has 7 nitrogen and oxygen atoms in total. The summed E-state index contributed by atoms with van der Waals surface area (Å²) in [6.07, 6.45) is 0. The molecule has 0 spiro atoms. The fraction of sp³-hybridized carbons (Fsp3) is 0.0909. The summed E-state index contributed by atoms with van der Waals surface area (Å²) in [5.74, 6) is 0.813.